The fourth-order valence-electron chi connectivity index (χ4n) is 3.06. The van der Waals surface area contributed by atoms with Crippen LogP contribution in [0.1, 0.15) is 57.3 Å². The molecule has 3 aromatic rings. The Balaban J connectivity index is 1.48. The van der Waals surface area contributed by atoms with Gasteiger partial charge in [0.1, 0.15) is 17.7 Å². The average molecular weight is 371 g/mol. The molecule has 0 amide bonds. The lowest BCUT2D eigenvalue weighted by Crippen LogP contribution is -2.18. The first-order valence-electron chi connectivity index (χ1n) is 9.30. The third-order valence-corrected chi connectivity index (χ3v) is 4.59. The normalized spacial score (nSPS) is 17.7. The molecule has 3 aromatic heterocycles. The standard InChI is InChI=1S/C18H25N7O2/c1-18(2,3)17-22-14(11-10-20-25(4)15(11)23-17)19-8-7-13-21-16(27-24-13)12-6-5-9-26-12/h10,12H,5-9H2,1-4H3,(H,19,22,23)/t12-/m0/s1. The van der Waals surface area contributed by atoms with Crippen molar-refractivity contribution in [2.75, 3.05) is 18.5 Å². The van der Waals surface area contributed by atoms with Crippen molar-refractivity contribution in [3.05, 3.63) is 23.7 Å². The molecule has 0 aliphatic carbocycles. The van der Waals surface area contributed by atoms with E-state index >= 15 is 0 Å². The monoisotopic (exact) mass is 371 g/mol. The van der Waals surface area contributed by atoms with Crippen LogP contribution >= 0.6 is 0 Å². The molecule has 9 nitrogen and oxygen atoms in total. The average Bonchev–Trinajstić information content (AvgIpc) is 3.35. The zero-order valence-corrected chi connectivity index (χ0v) is 16.2. The van der Waals surface area contributed by atoms with Crippen LogP contribution in [0.4, 0.5) is 5.82 Å². The summed E-state index contributed by atoms with van der Waals surface area (Å²) in [5.74, 6) is 2.80. The zero-order chi connectivity index (χ0) is 19.0. The molecule has 1 atom stereocenters. The largest absolute Gasteiger partial charge is 0.369 e. The minimum absolute atomic E-state index is 0.0505. The lowest BCUT2D eigenvalue weighted by molar-refractivity contribution is 0.0835. The molecule has 0 aromatic carbocycles. The number of hydrogen-bond acceptors (Lipinski definition) is 8. The molecule has 0 radical (unpaired) electrons. The maximum atomic E-state index is 5.58. The van der Waals surface area contributed by atoms with Gasteiger partial charge in [0.25, 0.3) is 5.89 Å². The molecule has 9 heteroatoms. The minimum Gasteiger partial charge on any atom is -0.369 e. The molecule has 1 saturated heterocycles. The molecular weight excluding hydrogens is 346 g/mol. The Bertz CT molecular complexity index is 935. The summed E-state index contributed by atoms with van der Waals surface area (Å²) >= 11 is 0. The second-order valence-corrected chi connectivity index (χ2v) is 7.88. The molecule has 27 heavy (non-hydrogen) atoms. The smallest absolute Gasteiger partial charge is 0.255 e. The zero-order valence-electron chi connectivity index (χ0n) is 16.2. The minimum atomic E-state index is -0.154. The van der Waals surface area contributed by atoms with Crippen LogP contribution in [-0.2, 0) is 23.6 Å². The fourth-order valence-corrected chi connectivity index (χ4v) is 3.06. The van der Waals surface area contributed by atoms with Gasteiger partial charge in [-0.1, -0.05) is 25.9 Å². The number of anilines is 1. The highest BCUT2D eigenvalue weighted by molar-refractivity contribution is 5.86. The van der Waals surface area contributed by atoms with E-state index in [0.29, 0.717) is 24.7 Å². The number of aromatic nitrogens is 6. The third-order valence-electron chi connectivity index (χ3n) is 4.59. The first kappa shape index (κ1) is 17.8. The van der Waals surface area contributed by atoms with Gasteiger partial charge in [-0.25, -0.2) is 9.97 Å². The molecule has 0 unspecified atom stereocenters. The van der Waals surface area contributed by atoms with Gasteiger partial charge in [-0.2, -0.15) is 10.1 Å². The molecule has 144 valence electrons. The van der Waals surface area contributed by atoms with Gasteiger partial charge in [0, 0.05) is 32.0 Å². The van der Waals surface area contributed by atoms with E-state index in [1.54, 1.807) is 10.9 Å². The molecule has 4 rings (SSSR count). The first-order valence-corrected chi connectivity index (χ1v) is 9.30. The van der Waals surface area contributed by atoms with E-state index in [9.17, 15) is 0 Å². The summed E-state index contributed by atoms with van der Waals surface area (Å²) in [6.45, 7) is 7.69. The van der Waals surface area contributed by atoms with Crippen molar-refractivity contribution in [2.45, 2.75) is 51.6 Å². The summed E-state index contributed by atoms with van der Waals surface area (Å²) < 4.78 is 12.7. The van der Waals surface area contributed by atoms with E-state index in [1.165, 1.54) is 0 Å². The highest BCUT2D eigenvalue weighted by Gasteiger charge is 2.24. The van der Waals surface area contributed by atoms with Crippen LogP contribution in [0.3, 0.4) is 0 Å². The van der Waals surface area contributed by atoms with Crippen molar-refractivity contribution < 1.29 is 9.26 Å². The second-order valence-electron chi connectivity index (χ2n) is 7.88. The Morgan fingerprint density at radius 3 is 2.85 bits per heavy atom. The quantitative estimate of drug-likeness (QED) is 0.730. The predicted molar refractivity (Wildman–Crippen MR) is 99.4 cm³/mol. The summed E-state index contributed by atoms with van der Waals surface area (Å²) in [7, 11) is 1.89. The number of nitrogens with zero attached hydrogens (tertiary/aromatic N) is 6. The van der Waals surface area contributed by atoms with Crippen LogP contribution in [0.5, 0.6) is 0 Å². The van der Waals surface area contributed by atoms with Crippen LogP contribution in [-0.4, -0.2) is 43.0 Å². The summed E-state index contributed by atoms with van der Waals surface area (Å²) in [6, 6.07) is 0. The lowest BCUT2D eigenvalue weighted by Gasteiger charge is -2.18. The van der Waals surface area contributed by atoms with Crippen molar-refractivity contribution in [2.24, 2.45) is 7.05 Å². The van der Waals surface area contributed by atoms with Crippen molar-refractivity contribution in [1.29, 1.82) is 0 Å². The van der Waals surface area contributed by atoms with E-state index < -0.39 is 0 Å². The van der Waals surface area contributed by atoms with Crippen LogP contribution in [0.15, 0.2) is 10.7 Å². The van der Waals surface area contributed by atoms with Crippen LogP contribution in [0.2, 0.25) is 0 Å². The Morgan fingerprint density at radius 2 is 2.11 bits per heavy atom. The lowest BCUT2D eigenvalue weighted by atomic mass is 9.95. The molecular formula is C18H25N7O2. The summed E-state index contributed by atoms with van der Waals surface area (Å²) in [5.41, 5.74) is 0.663. The van der Waals surface area contributed by atoms with E-state index in [-0.39, 0.29) is 11.5 Å². The van der Waals surface area contributed by atoms with Crippen LogP contribution in [0.25, 0.3) is 11.0 Å². The van der Waals surface area contributed by atoms with Crippen molar-refractivity contribution in [1.82, 2.24) is 29.9 Å². The van der Waals surface area contributed by atoms with E-state index in [4.69, 9.17) is 14.2 Å². The second kappa shape index (κ2) is 6.88. The van der Waals surface area contributed by atoms with Crippen molar-refractivity contribution >= 4 is 16.9 Å². The molecule has 0 spiro atoms. The Kier molecular flexibility index (Phi) is 4.55. The van der Waals surface area contributed by atoms with Crippen molar-refractivity contribution in [3.63, 3.8) is 0 Å². The van der Waals surface area contributed by atoms with Gasteiger partial charge in [-0.05, 0) is 12.8 Å². The Hall–Kier alpha value is -2.55. The predicted octanol–water partition coefficient (Wildman–Crippen LogP) is 2.55. The first-order chi connectivity index (χ1) is 12.9. The third kappa shape index (κ3) is 3.64. The molecule has 0 bridgehead atoms. The number of hydrogen-bond donors (Lipinski definition) is 1. The number of nitrogens with one attached hydrogen (secondary N) is 1. The summed E-state index contributed by atoms with van der Waals surface area (Å²) in [6.07, 6.45) is 4.34. The van der Waals surface area contributed by atoms with Gasteiger partial charge in [0.15, 0.2) is 11.5 Å². The Labute approximate surface area is 157 Å². The molecule has 1 fully saturated rings. The summed E-state index contributed by atoms with van der Waals surface area (Å²) in [4.78, 5) is 13.9. The number of aryl methyl sites for hydroxylation is 1. The fraction of sp³-hybridized carbons (Fsp3) is 0.611. The van der Waals surface area contributed by atoms with Crippen molar-refractivity contribution in [3.8, 4) is 0 Å². The van der Waals surface area contributed by atoms with Gasteiger partial charge in [-0.15, -0.1) is 0 Å². The van der Waals surface area contributed by atoms with E-state index in [0.717, 1.165) is 42.1 Å². The highest BCUT2D eigenvalue weighted by atomic mass is 16.5. The van der Waals surface area contributed by atoms with E-state index in [1.807, 2.05) is 7.05 Å². The maximum Gasteiger partial charge on any atom is 0.255 e. The molecule has 1 aliphatic rings. The SMILES string of the molecule is Cn1ncc2c(NCCc3noc([C@@H]4CCCO4)n3)nc(C(C)(C)C)nc21. The van der Waals surface area contributed by atoms with E-state index in [2.05, 4.69) is 46.3 Å². The van der Waals surface area contributed by atoms with Crippen LogP contribution < -0.4 is 5.32 Å². The topological polar surface area (TPSA) is 104 Å². The van der Waals surface area contributed by atoms with Gasteiger partial charge in [0.2, 0.25) is 0 Å². The molecule has 1 aliphatic heterocycles. The molecule has 1 N–H and O–H groups in total. The summed E-state index contributed by atoms with van der Waals surface area (Å²) in [5, 5.41) is 12.7. The number of ether oxygens (including phenoxy) is 1. The number of rotatable bonds is 5. The van der Waals surface area contributed by atoms with Gasteiger partial charge in [-0.3, -0.25) is 4.68 Å². The molecule has 4 heterocycles. The number of fused-ring (bicyclic) bond motifs is 1. The molecule has 0 saturated carbocycles. The highest BCUT2D eigenvalue weighted by Crippen LogP contribution is 2.27. The van der Waals surface area contributed by atoms with Gasteiger partial charge in [0.05, 0.1) is 11.6 Å². The van der Waals surface area contributed by atoms with Crippen LogP contribution in [0, 0.1) is 0 Å². The van der Waals surface area contributed by atoms with Gasteiger partial charge < -0.3 is 14.6 Å². The van der Waals surface area contributed by atoms with Gasteiger partial charge >= 0.3 is 0 Å². The Morgan fingerprint density at radius 1 is 1.26 bits per heavy atom. The maximum absolute atomic E-state index is 5.58.